The number of nitrogens with one attached hydrogen (secondary N) is 1. The number of rotatable bonds is 6. The van der Waals surface area contributed by atoms with E-state index in [-0.39, 0.29) is 0 Å². The Balaban J connectivity index is 1.38. The Morgan fingerprint density at radius 1 is 1.27 bits per heavy atom. The largest absolute Gasteiger partial charge is 0.389 e. The molecule has 3 aliphatic rings. The predicted molar refractivity (Wildman–Crippen MR) is 84.4 cm³/mol. The summed E-state index contributed by atoms with van der Waals surface area (Å²) in [6.45, 7) is 2.95. The molecule has 2 bridgehead atoms. The molecule has 2 saturated carbocycles. The molecule has 0 spiro atoms. The lowest BCUT2D eigenvalue weighted by atomic mass is 9.87. The number of likely N-dealkylation sites (tertiary alicyclic amines) is 1. The van der Waals surface area contributed by atoms with Gasteiger partial charge in [-0.1, -0.05) is 6.42 Å². The standard InChI is InChI=1S/C17H30N2O3/c1-22-11-15(20)10-19-6-4-14(5-7-19)18-17(21)16-9-12-2-3-13(16)8-12/h12-16,20H,2-11H2,1H3,(H,18,21). The molecule has 3 rings (SSSR count). The van der Waals surface area contributed by atoms with Gasteiger partial charge >= 0.3 is 0 Å². The zero-order valence-electron chi connectivity index (χ0n) is 13.7. The van der Waals surface area contributed by atoms with Crippen molar-refractivity contribution >= 4 is 5.91 Å². The van der Waals surface area contributed by atoms with Crippen LogP contribution >= 0.6 is 0 Å². The molecule has 5 heteroatoms. The van der Waals surface area contributed by atoms with E-state index in [0.717, 1.165) is 38.3 Å². The Kier molecular flexibility index (Phi) is 5.37. The average Bonchev–Trinajstić information content (AvgIpc) is 3.12. The van der Waals surface area contributed by atoms with Crippen molar-refractivity contribution in [1.29, 1.82) is 0 Å². The van der Waals surface area contributed by atoms with Gasteiger partial charge in [-0.15, -0.1) is 0 Å². The molecule has 0 aromatic carbocycles. The van der Waals surface area contributed by atoms with Gasteiger partial charge < -0.3 is 20.1 Å². The molecule has 2 N–H and O–H groups in total. The lowest BCUT2D eigenvalue weighted by Crippen LogP contribution is -2.48. The molecule has 5 nitrogen and oxygen atoms in total. The lowest BCUT2D eigenvalue weighted by molar-refractivity contribution is -0.127. The molecule has 0 radical (unpaired) electrons. The van der Waals surface area contributed by atoms with Crippen LogP contribution < -0.4 is 5.32 Å². The van der Waals surface area contributed by atoms with Gasteiger partial charge in [0.2, 0.25) is 5.91 Å². The summed E-state index contributed by atoms with van der Waals surface area (Å²) in [4.78, 5) is 14.7. The minimum atomic E-state index is -0.412. The van der Waals surface area contributed by atoms with Crippen molar-refractivity contribution in [3.63, 3.8) is 0 Å². The van der Waals surface area contributed by atoms with E-state index in [1.54, 1.807) is 7.11 Å². The van der Waals surface area contributed by atoms with Gasteiger partial charge in [0.1, 0.15) is 0 Å². The maximum absolute atomic E-state index is 12.5. The molecule has 1 aliphatic heterocycles. The van der Waals surface area contributed by atoms with Crippen molar-refractivity contribution in [2.24, 2.45) is 17.8 Å². The van der Waals surface area contributed by atoms with Crippen LogP contribution in [0, 0.1) is 17.8 Å². The number of β-amino-alcohol motifs (C(OH)–C–C–N with tert-alkyl or cyclic N) is 1. The maximum atomic E-state index is 12.5. The Labute approximate surface area is 133 Å². The minimum Gasteiger partial charge on any atom is -0.389 e. The summed E-state index contributed by atoms with van der Waals surface area (Å²) in [5, 5.41) is 13.1. The number of ether oxygens (including phenoxy) is 1. The quantitative estimate of drug-likeness (QED) is 0.769. The third-order valence-electron chi connectivity index (χ3n) is 5.84. The van der Waals surface area contributed by atoms with E-state index < -0.39 is 6.10 Å². The number of aliphatic hydroxyl groups is 1. The average molecular weight is 310 g/mol. The Morgan fingerprint density at radius 2 is 2.05 bits per heavy atom. The number of hydrogen-bond acceptors (Lipinski definition) is 4. The lowest BCUT2D eigenvalue weighted by Gasteiger charge is -2.34. The summed E-state index contributed by atoms with van der Waals surface area (Å²) in [7, 11) is 1.61. The SMILES string of the molecule is COCC(O)CN1CCC(NC(=O)C2CC3CCC2C3)CC1. The van der Waals surface area contributed by atoms with Gasteiger partial charge in [0.25, 0.3) is 0 Å². The topological polar surface area (TPSA) is 61.8 Å². The third kappa shape index (κ3) is 3.81. The molecular weight excluding hydrogens is 280 g/mol. The number of nitrogens with zero attached hydrogens (tertiary/aromatic N) is 1. The van der Waals surface area contributed by atoms with Crippen LogP contribution in [-0.2, 0) is 9.53 Å². The van der Waals surface area contributed by atoms with E-state index in [0.29, 0.717) is 36.9 Å². The molecule has 1 saturated heterocycles. The smallest absolute Gasteiger partial charge is 0.223 e. The normalized spacial score (nSPS) is 34.0. The fourth-order valence-electron chi connectivity index (χ4n) is 4.68. The van der Waals surface area contributed by atoms with Crippen molar-refractivity contribution in [2.75, 3.05) is 33.4 Å². The fourth-order valence-corrected chi connectivity index (χ4v) is 4.68. The fraction of sp³-hybridized carbons (Fsp3) is 0.941. The van der Waals surface area contributed by atoms with E-state index in [1.807, 2.05) is 0 Å². The van der Waals surface area contributed by atoms with Crippen LogP contribution in [0.3, 0.4) is 0 Å². The number of aliphatic hydroxyl groups excluding tert-OH is 1. The van der Waals surface area contributed by atoms with Gasteiger partial charge in [-0.3, -0.25) is 4.79 Å². The summed E-state index contributed by atoms with van der Waals surface area (Å²) in [5.41, 5.74) is 0. The molecule has 0 aromatic heterocycles. The van der Waals surface area contributed by atoms with Crippen LogP contribution in [0.5, 0.6) is 0 Å². The van der Waals surface area contributed by atoms with Crippen molar-refractivity contribution in [3.05, 3.63) is 0 Å². The van der Waals surface area contributed by atoms with Crippen LogP contribution in [0.15, 0.2) is 0 Å². The molecule has 0 aromatic rings. The van der Waals surface area contributed by atoms with Gasteiger partial charge in [-0.05, 0) is 43.9 Å². The number of carbonyl (C=O) groups is 1. The molecule has 4 unspecified atom stereocenters. The molecule has 4 atom stereocenters. The molecule has 22 heavy (non-hydrogen) atoms. The van der Waals surface area contributed by atoms with Crippen LogP contribution in [-0.4, -0.2) is 61.4 Å². The van der Waals surface area contributed by atoms with Gasteiger partial charge in [-0.25, -0.2) is 0 Å². The molecule has 1 heterocycles. The van der Waals surface area contributed by atoms with Crippen LogP contribution in [0.2, 0.25) is 0 Å². The molecule has 1 amide bonds. The van der Waals surface area contributed by atoms with Crippen molar-refractivity contribution < 1.29 is 14.6 Å². The third-order valence-corrected chi connectivity index (χ3v) is 5.84. The number of fused-ring (bicyclic) bond motifs is 2. The summed E-state index contributed by atoms with van der Waals surface area (Å²) in [6.07, 6.45) is 6.59. The first-order valence-electron chi connectivity index (χ1n) is 8.85. The van der Waals surface area contributed by atoms with E-state index in [9.17, 15) is 9.90 Å². The molecule has 3 fully saturated rings. The highest BCUT2D eigenvalue weighted by molar-refractivity contribution is 5.79. The van der Waals surface area contributed by atoms with Crippen LogP contribution in [0.1, 0.15) is 38.5 Å². The first-order chi connectivity index (χ1) is 10.7. The molecule has 126 valence electrons. The van der Waals surface area contributed by atoms with Crippen molar-refractivity contribution in [1.82, 2.24) is 10.2 Å². The van der Waals surface area contributed by atoms with Crippen LogP contribution in [0.25, 0.3) is 0 Å². The Morgan fingerprint density at radius 3 is 2.64 bits per heavy atom. The van der Waals surface area contributed by atoms with E-state index in [4.69, 9.17) is 4.74 Å². The zero-order valence-corrected chi connectivity index (χ0v) is 13.7. The van der Waals surface area contributed by atoms with Crippen LogP contribution in [0.4, 0.5) is 0 Å². The minimum absolute atomic E-state index is 0.292. The molecule has 2 aliphatic carbocycles. The van der Waals surface area contributed by atoms with Crippen molar-refractivity contribution in [2.45, 2.75) is 50.7 Å². The number of piperidine rings is 1. The number of hydrogen-bond donors (Lipinski definition) is 2. The second-order valence-corrected chi connectivity index (χ2v) is 7.47. The Hall–Kier alpha value is -0.650. The zero-order chi connectivity index (χ0) is 15.5. The van der Waals surface area contributed by atoms with Crippen molar-refractivity contribution in [3.8, 4) is 0 Å². The summed E-state index contributed by atoms with van der Waals surface area (Å²) in [5.74, 6) is 2.09. The van der Waals surface area contributed by atoms with Gasteiger partial charge in [0, 0.05) is 38.7 Å². The Bertz CT molecular complexity index is 382. The number of methoxy groups -OCH3 is 1. The second-order valence-electron chi connectivity index (χ2n) is 7.47. The van der Waals surface area contributed by atoms with E-state index in [2.05, 4.69) is 10.2 Å². The van der Waals surface area contributed by atoms with E-state index in [1.165, 1.54) is 19.3 Å². The number of carbonyl (C=O) groups excluding carboxylic acids is 1. The highest BCUT2D eigenvalue weighted by atomic mass is 16.5. The highest BCUT2D eigenvalue weighted by Crippen LogP contribution is 2.48. The highest BCUT2D eigenvalue weighted by Gasteiger charge is 2.43. The monoisotopic (exact) mass is 310 g/mol. The summed E-state index contributed by atoms with van der Waals surface area (Å²) in [6, 6.07) is 0.322. The van der Waals surface area contributed by atoms with Gasteiger partial charge in [-0.2, -0.15) is 0 Å². The number of amides is 1. The summed E-state index contributed by atoms with van der Waals surface area (Å²) < 4.78 is 4.97. The first-order valence-corrected chi connectivity index (χ1v) is 8.85. The maximum Gasteiger partial charge on any atom is 0.223 e. The summed E-state index contributed by atoms with van der Waals surface area (Å²) >= 11 is 0. The first kappa shape index (κ1) is 16.2. The molecular formula is C17H30N2O3. The van der Waals surface area contributed by atoms with E-state index >= 15 is 0 Å². The predicted octanol–water partition coefficient (Wildman–Crippen LogP) is 1.01. The second kappa shape index (κ2) is 7.28. The van der Waals surface area contributed by atoms with Gasteiger partial charge in [0.05, 0.1) is 12.7 Å². The van der Waals surface area contributed by atoms with Gasteiger partial charge in [0.15, 0.2) is 0 Å².